The SMILES string of the molecule is COCCN(CC(=O)N1N=C(c2cccn2C)CC1c1ccc(Cl)cc1)C(=O)NC(C)(C)C. The molecule has 1 aromatic heterocycles. The number of hydrazone groups is 1. The smallest absolute Gasteiger partial charge is 0.318 e. The quantitative estimate of drug-likeness (QED) is 0.664. The fourth-order valence-electron chi connectivity index (χ4n) is 3.69. The maximum absolute atomic E-state index is 13.5. The maximum Gasteiger partial charge on any atom is 0.318 e. The Morgan fingerprint density at radius 3 is 2.52 bits per heavy atom. The summed E-state index contributed by atoms with van der Waals surface area (Å²) in [4.78, 5) is 27.8. The molecule has 0 saturated heterocycles. The molecular formula is C24H32ClN5O3. The Morgan fingerprint density at radius 1 is 1.24 bits per heavy atom. The lowest BCUT2D eigenvalue weighted by molar-refractivity contribution is -0.133. The van der Waals surface area contributed by atoms with E-state index < -0.39 is 5.54 Å². The number of halogens is 1. The zero-order valence-electron chi connectivity index (χ0n) is 19.8. The molecular weight excluding hydrogens is 442 g/mol. The van der Waals surface area contributed by atoms with Crippen LogP contribution >= 0.6 is 11.6 Å². The summed E-state index contributed by atoms with van der Waals surface area (Å²) in [6.07, 6.45) is 2.51. The van der Waals surface area contributed by atoms with E-state index in [2.05, 4.69) is 5.32 Å². The van der Waals surface area contributed by atoms with E-state index in [1.807, 2.05) is 75.0 Å². The fraction of sp³-hybridized carbons (Fsp3) is 0.458. The highest BCUT2D eigenvalue weighted by Crippen LogP contribution is 2.33. The Balaban J connectivity index is 1.87. The van der Waals surface area contributed by atoms with E-state index in [0.29, 0.717) is 18.1 Å². The number of carbonyl (C=O) groups excluding carboxylic acids is 2. The van der Waals surface area contributed by atoms with Crippen molar-refractivity contribution >= 4 is 29.3 Å². The molecule has 0 radical (unpaired) electrons. The number of benzene rings is 1. The minimum absolute atomic E-state index is 0.112. The highest BCUT2D eigenvalue weighted by molar-refractivity contribution is 6.30. The van der Waals surface area contributed by atoms with Gasteiger partial charge < -0.3 is 19.5 Å². The summed E-state index contributed by atoms with van der Waals surface area (Å²) in [6.45, 7) is 6.19. The third kappa shape index (κ3) is 6.36. The molecule has 0 bridgehead atoms. The molecule has 1 atom stereocenters. The number of nitrogens with one attached hydrogen (secondary N) is 1. The second-order valence-electron chi connectivity index (χ2n) is 9.16. The van der Waals surface area contributed by atoms with Gasteiger partial charge in [0.15, 0.2) is 0 Å². The molecule has 1 aromatic carbocycles. The Kier molecular flexibility index (Phi) is 7.81. The number of aryl methyl sites for hydroxylation is 1. The topological polar surface area (TPSA) is 79.2 Å². The average Bonchev–Trinajstić information content (AvgIpc) is 3.36. The van der Waals surface area contributed by atoms with Gasteiger partial charge in [-0.2, -0.15) is 5.10 Å². The lowest BCUT2D eigenvalue weighted by Crippen LogP contribution is -2.52. The molecule has 0 spiro atoms. The van der Waals surface area contributed by atoms with Crippen molar-refractivity contribution in [3.8, 4) is 0 Å². The first-order valence-electron chi connectivity index (χ1n) is 10.9. The number of ether oxygens (including phenoxy) is 1. The van der Waals surface area contributed by atoms with Crippen molar-refractivity contribution in [3.05, 3.63) is 58.9 Å². The Bertz CT molecular complexity index is 1010. The molecule has 1 aliphatic heterocycles. The number of amides is 3. The van der Waals surface area contributed by atoms with Crippen LogP contribution in [-0.2, 0) is 16.6 Å². The second kappa shape index (κ2) is 10.4. The van der Waals surface area contributed by atoms with Crippen LogP contribution in [0.25, 0.3) is 0 Å². The zero-order chi connectivity index (χ0) is 24.2. The Morgan fingerprint density at radius 2 is 1.94 bits per heavy atom. The lowest BCUT2D eigenvalue weighted by atomic mass is 10.0. The summed E-state index contributed by atoms with van der Waals surface area (Å²) in [6, 6.07) is 10.8. The molecule has 3 amide bonds. The van der Waals surface area contributed by atoms with Crippen LogP contribution in [-0.4, -0.2) is 64.5 Å². The average molecular weight is 474 g/mol. The summed E-state index contributed by atoms with van der Waals surface area (Å²) in [5.41, 5.74) is 2.27. The van der Waals surface area contributed by atoms with Gasteiger partial charge in [-0.05, 0) is 50.6 Å². The minimum Gasteiger partial charge on any atom is -0.383 e. The van der Waals surface area contributed by atoms with Crippen molar-refractivity contribution in [1.29, 1.82) is 0 Å². The van der Waals surface area contributed by atoms with Crippen LogP contribution in [0.1, 0.15) is 44.5 Å². The van der Waals surface area contributed by atoms with Crippen LogP contribution in [0.2, 0.25) is 5.02 Å². The highest BCUT2D eigenvalue weighted by Gasteiger charge is 2.35. The van der Waals surface area contributed by atoms with Gasteiger partial charge in [0.1, 0.15) is 6.54 Å². The third-order valence-electron chi connectivity index (χ3n) is 5.32. The number of hydrogen-bond acceptors (Lipinski definition) is 4. The van der Waals surface area contributed by atoms with E-state index in [1.54, 1.807) is 7.11 Å². The molecule has 3 rings (SSSR count). The summed E-state index contributed by atoms with van der Waals surface area (Å²) in [5.74, 6) is -0.265. The van der Waals surface area contributed by atoms with Gasteiger partial charge in [-0.3, -0.25) is 4.79 Å². The van der Waals surface area contributed by atoms with Gasteiger partial charge in [0.2, 0.25) is 0 Å². The molecule has 1 aliphatic rings. The third-order valence-corrected chi connectivity index (χ3v) is 5.57. The molecule has 9 heteroatoms. The van der Waals surface area contributed by atoms with Gasteiger partial charge in [-0.15, -0.1) is 0 Å². The van der Waals surface area contributed by atoms with Crippen LogP contribution in [0.3, 0.4) is 0 Å². The molecule has 1 N–H and O–H groups in total. The largest absolute Gasteiger partial charge is 0.383 e. The second-order valence-corrected chi connectivity index (χ2v) is 9.59. The van der Waals surface area contributed by atoms with Crippen LogP contribution in [0.15, 0.2) is 47.7 Å². The molecule has 178 valence electrons. The number of methoxy groups -OCH3 is 1. The molecule has 2 heterocycles. The fourth-order valence-corrected chi connectivity index (χ4v) is 3.82. The Hall–Kier alpha value is -2.84. The number of aromatic nitrogens is 1. The Labute approximate surface area is 200 Å². The van der Waals surface area contributed by atoms with E-state index in [-0.39, 0.29) is 31.1 Å². The van der Waals surface area contributed by atoms with E-state index in [0.717, 1.165) is 17.0 Å². The van der Waals surface area contributed by atoms with Crippen LogP contribution < -0.4 is 5.32 Å². The first kappa shape index (κ1) is 24.8. The zero-order valence-corrected chi connectivity index (χ0v) is 20.6. The van der Waals surface area contributed by atoms with Crippen molar-refractivity contribution in [2.75, 3.05) is 26.8 Å². The van der Waals surface area contributed by atoms with Crippen molar-refractivity contribution in [2.45, 2.75) is 38.8 Å². The summed E-state index contributed by atoms with van der Waals surface area (Å²) < 4.78 is 7.13. The highest BCUT2D eigenvalue weighted by atomic mass is 35.5. The van der Waals surface area contributed by atoms with Gasteiger partial charge in [-0.25, -0.2) is 9.80 Å². The van der Waals surface area contributed by atoms with E-state index >= 15 is 0 Å². The monoisotopic (exact) mass is 473 g/mol. The standard InChI is InChI=1S/C24H32ClN5O3/c1-24(2,3)26-23(32)29(13-14-33-5)16-22(31)30-21(17-8-10-18(25)11-9-17)15-19(27-30)20-7-6-12-28(20)4/h6-12,21H,13-16H2,1-5H3,(H,26,32). The molecule has 1 unspecified atom stereocenters. The number of carbonyl (C=O) groups is 2. The normalized spacial score (nSPS) is 16.0. The van der Waals surface area contributed by atoms with Gasteiger partial charge in [-0.1, -0.05) is 23.7 Å². The predicted octanol–water partition coefficient (Wildman–Crippen LogP) is 3.81. The summed E-state index contributed by atoms with van der Waals surface area (Å²) in [7, 11) is 3.51. The van der Waals surface area contributed by atoms with Gasteiger partial charge in [0.25, 0.3) is 5.91 Å². The molecule has 8 nitrogen and oxygen atoms in total. The van der Waals surface area contributed by atoms with E-state index in [4.69, 9.17) is 21.4 Å². The minimum atomic E-state index is -0.428. The van der Waals surface area contributed by atoms with E-state index in [9.17, 15) is 9.59 Å². The molecule has 2 aromatic rings. The van der Waals surface area contributed by atoms with Gasteiger partial charge in [0, 0.05) is 43.9 Å². The van der Waals surface area contributed by atoms with Crippen molar-refractivity contribution in [3.63, 3.8) is 0 Å². The van der Waals surface area contributed by atoms with Gasteiger partial charge >= 0.3 is 6.03 Å². The lowest BCUT2D eigenvalue weighted by Gasteiger charge is -2.30. The maximum atomic E-state index is 13.5. The number of hydrogen-bond donors (Lipinski definition) is 1. The molecule has 0 fully saturated rings. The van der Waals surface area contributed by atoms with Crippen molar-refractivity contribution < 1.29 is 14.3 Å². The predicted molar refractivity (Wildman–Crippen MR) is 129 cm³/mol. The molecule has 0 saturated carbocycles. The van der Waals surface area contributed by atoms with Crippen LogP contribution in [0.5, 0.6) is 0 Å². The number of nitrogens with zero attached hydrogens (tertiary/aromatic N) is 4. The van der Waals surface area contributed by atoms with Crippen molar-refractivity contribution in [2.24, 2.45) is 12.1 Å². The van der Waals surface area contributed by atoms with Crippen molar-refractivity contribution in [1.82, 2.24) is 19.8 Å². The van der Waals surface area contributed by atoms with Crippen LogP contribution in [0, 0.1) is 0 Å². The summed E-state index contributed by atoms with van der Waals surface area (Å²) in [5, 5.41) is 9.74. The molecule has 0 aliphatic carbocycles. The number of rotatable bonds is 7. The van der Waals surface area contributed by atoms with E-state index in [1.165, 1.54) is 9.91 Å². The summed E-state index contributed by atoms with van der Waals surface area (Å²) >= 11 is 6.08. The first-order valence-corrected chi connectivity index (χ1v) is 11.3. The van der Waals surface area contributed by atoms with Gasteiger partial charge in [0.05, 0.1) is 24.1 Å². The number of urea groups is 1. The van der Waals surface area contributed by atoms with Crippen LogP contribution in [0.4, 0.5) is 4.79 Å². The first-order chi connectivity index (χ1) is 15.6. The molecule has 33 heavy (non-hydrogen) atoms.